The molecule has 118 valence electrons. The van der Waals surface area contributed by atoms with Crippen molar-refractivity contribution in [1.82, 2.24) is 4.31 Å². The third-order valence-corrected chi connectivity index (χ3v) is 6.42. The molecule has 0 amide bonds. The van der Waals surface area contributed by atoms with Gasteiger partial charge in [0.05, 0.1) is 18.0 Å². The highest BCUT2D eigenvalue weighted by molar-refractivity contribution is 9.09. The fourth-order valence-electron chi connectivity index (χ4n) is 2.61. The molecule has 1 saturated heterocycles. The molecule has 1 aromatic carbocycles. The first-order valence-electron chi connectivity index (χ1n) is 7.16. The Bertz CT molecular complexity index is 549. The number of alkyl halides is 1. The van der Waals surface area contributed by atoms with Gasteiger partial charge < -0.3 is 4.74 Å². The Kier molecular flexibility index (Phi) is 5.82. The van der Waals surface area contributed by atoms with Gasteiger partial charge in [0.2, 0.25) is 10.0 Å². The van der Waals surface area contributed by atoms with Crippen molar-refractivity contribution in [1.29, 1.82) is 0 Å². The van der Waals surface area contributed by atoms with E-state index in [2.05, 4.69) is 15.9 Å². The van der Waals surface area contributed by atoms with Crippen molar-refractivity contribution in [3.8, 4) is 0 Å². The maximum Gasteiger partial charge on any atom is 0.214 e. The summed E-state index contributed by atoms with van der Waals surface area (Å²) in [5.41, 5.74) is 1.06. The highest BCUT2D eigenvalue weighted by Crippen LogP contribution is 2.22. The minimum absolute atomic E-state index is 0.0169. The minimum atomic E-state index is -3.27. The van der Waals surface area contributed by atoms with Crippen molar-refractivity contribution in [2.24, 2.45) is 0 Å². The van der Waals surface area contributed by atoms with Crippen molar-refractivity contribution < 1.29 is 13.2 Å². The van der Waals surface area contributed by atoms with Crippen molar-refractivity contribution in [3.05, 3.63) is 35.9 Å². The van der Waals surface area contributed by atoms with Crippen LogP contribution in [0, 0.1) is 0 Å². The van der Waals surface area contributed by atoms with Gasteiger partial charge in [-0.2, -0.15) is 4.31 Å². The number of nitrogens with zero attached hydrogens (tertiary/aromatic N) is 1. The van der Waals surface area contributed by atoms with Crippen LogP contribution in [-0.2, 0) is 14.8 Å². The van der Waals surface area contributed by atoms with Gasteiger partial charge in [0.25, 0.3) is 0 Å². The number of hydrogen-bond donors (Lipinski definition) is 0. The molecule has 21 heavy (non-hydrogen) atoms. The zero-order valence-corrected chi connectivity index (χ0v) is 14.8. The fourth-order valence-corrected chi connectivity index (χ4v) is 4.84. The fraction of sp³-hybridized carbons (Fsp3) is 0.600. The molecule has 3 atom stereocenters. The predicted molar refractivity (Wildman–Crippen MR) is 88.3 cm³/mol. The molecule has 1 fully saturated rings. The van der Waals surface area contributed by atoms with E-state index in [4.69, 9.17) is 4.74 Å². The number of halogens is 1. The number of benzene rings is 1. The first kappa shape index (κ1) is 16.9. The first-order valence-corrected chi connectivity index (χ1v) is 9.89. The maximum absolute atomic E-state index is 12.6. The van der Waals surface area contributed by atoms with Crippen LogP contribution in [-0.4, -0.2) is 49.1 Å². The molecular weight excluding hydrogens is 354 g/mol. The molecule has 1 aromatic rings. The van der Waals surface area contributed by atoms with Gasteiger partial charge in [-0.1, -0.05) is 53.2 Å². The minimum Gasteiger partial charge on any atom is -0.372 e. The Hall–Kier alpha value is -0.430. The molecular formula is C15H22BrNO3S. The lowest BCUT2D eigenvalue weighted by atomic mass is 10.0. The summed E-state index contributed by atoms with van der Waals surface area (Å²) in [7, 11) is -3.27. The normalized spacial score (nSPS) is 25.7. The summed E-state index contributed by atoms with van der Waals surface area (Å²) >= 11 is 3.37. The van der Waals surface area contributed by atoms with Gasteiger partial charge in [-0.05, 0) is 18.4 Å². The van der Waals surface area contributed by atoms with Gasteiger partial charge in [0.15, 0.2) is 0 Å². The van der Waals surface area contributed by atoms with Gasteiger partial charge in [-0.15, -0.1) is 0 Å². The van der Waals surface area contributed by atoms with Gasteiger partial charge in [0, 0.05) is 18.4 Å². The van der Waals surface area contributed by atoms with Gasteiger partial charge in [-0.25, -0.2) is 8.42 Å². The van der Waals surface area contributed by atoms with Gasteiger partial charge in [0.1, 0.15) is 0 Å². The molecule has 1 heterocycles. The molecule has 0 aliphatic carbocycles. The number of hydrogen-bond acceptors (Lipinski definition) is 3. The van der Waals surface area contributed by atoms with E-state index < -0.39 is 10.0 Å². The third-order valence-electron chi connectivity index (χ3n) is 3.69. The molecule has 0 saturated carbocycles. The smallest absolute Gasteiger partial charge is 0.214 e. The summed E-state index contributed by atoms with van der Waals surface area (Å²) in [6.45, 7) is 4.74. The molecule has 4 nitrogen and oxygen atoms in total. The lowest BCUT2D eigenvalue weighted by molar-refractivity contribution is -0.0411. The Balaban J connectivity index is 2.07. The Morgan fingerprint density at radius 2 is 2.00 bits per heavy atom. The second-order valence-electron chi connectivity index (χ2n) is 5.63. The number of morpholine rings is 1. The Morgan fingerprint density at radius 3 is 2.62 bits per heavy atom. The SMILES string of the molecule is CC1CN(S(=O)(=O)CC(C)c2ccccc2)CC(CBr)O1. The first-order chi connectivity index (χ1) is 9.92. The predicted octanol–water partition coefficient (Wildman–Crippen LogP) is 2.60. The molecule has 0 spiro atoms. The number of rotatable bonds is 5. The van der Waals surface area contributed by atoms with Crippen LogP contribution >= 0.6 is 15.9 Å². The van der Waals surface area contributed by atoms with Crippen LogP contribution in [0.3, 0.4) is 0 Å². The average Bonchev–Trinajstić information content (AvgIpc) is 2.47. The zero-order chi connectivity index (χ0) is 15.5. The molecule has 6 heteroatoms. The average molecular weight is 376 g/mol. The van der Waals surface area contributed by atoms with Crippen LogP contribution in [0.1, 0.15) is 25.3 Å². The summed E-state index contributed by atoms with van der Waals surface area (Å²) in [6, 6.07) is 9.77. The third kappa shape index (κ3) is 4.52. The van der Waals surface area contributed by atoms with E-state index in [9.17, 15) is 8.42 Å². The molecule has 3 unspecified atom stereocenters. The van der Waals surface area contributed by atoms with Crippen molar-refractivity contribution >= 4 is 26.0 Å². The lowest BCUT2D eigenvalue weighted by Crippen LogP contribution is -2.50. The van der Waals surface area contributed by atoms with Crippen LogP contribution in [0.4, 0.5) is 0 Å². The van der Waals surface area contributed by atoms with E-state index >= 15 is 0 Å². The standard InChI is InChI=1S/C15H22BrNO3S/c1-12(14-6-4-3-5-7-14)11-21(18,19)17-9-13(2)20-15(8-16)10-17/h3-7,12-13,15H,8-11H2,1-2H3. The molecule has 0 radical (unpaired) electrons. The molecule has 0 bridgehead atoms. The summed E-state index contributed by atoms with van der Waals surface area (Å²) in [5.74, 6) is 0.121. The summed E-state index contributed by atoms with van der Waals surface area (Å²) in [6.07, 6.45) is -0.140. The van der Waals surface area contributed by atoms with E-state index in [1.807, 2.05) is 44.2 Å². The van der Waals surface area contributed by atoms with Crippen LogP contribution in [0.25, 0.3) is 0 Å². The summed E-state index contributed by atoms with van der Waals surface area (Å²) < 4.78 is 32.5. The van der Waals surface area contributed by atoms with Crippen LogP contribution in [0.2, 0.25) is 0 Å². The largest absolute Gasteiger partial charge is 0.372 e. The highest BCUT2D eigenvalue weighted by atomic mass is 79.9. The van der Waals surface area contributed by atoms with Crippen LogP contribution < -0.4 is 0 Å². The van der Waals surface area contributed by atoms with E-state index in [0.717, 1.165) is 5.56 Å². The quantitative estimate of drug-likeness (QED) is 0.743. The Labute approximate surface area is 135 Å². The van der Waals surface area contributed by atoms with Gasteiger partial charge in [-0.3, -0.25) is 0 Å². The van der Waals surface area contributed by atoms with Crippen molar-refractivity contribution in [3.63, 3.8) is 0 Å². The summed E-state index contributed by atoms with van der Waals surface area (Å²) in [4.78, 5) is 0. The molecule has 0 N–H and O–H groups in total. The van der Waals surface area contributed by atoms with Crippen molar-refractivity contribution in [2.45, 2.75) is 32.0 Å². The van der Waals surface area contributed by atoms with E-state index in [-0.39, 0.29) is 23.9 Å². The topological polar surface area (TPSA) is 46.6 Å². The zero-order valence-electron chi connectivity index (χ0n) is 12.4. The molecule has 1 aliphatic heterocycles. The maximum atomic E-state index is 12.6. The van der Waals surface area contributed by atoms with E-state index in [0.29, 0.717) is 18.4 Å². The van der Waals surface area contributed by atoms with Crippen LogP contribution in [0.15, 0.2) is 30.3 Å². The molecule has 0 aromatic heterocycles. The monoisotopic (exact) mass is 375 g/mol. The van der Waals surface area contributed by atoms with Gasteiger partial charge >= 0.3 is 0 Å². The number of ether oxygens (including phenoxy) is 1. The molecule has 2 rings (SSSR count). The van der Waals surface area contributed by atoms with Crippen LogP contribution in [0.5, 0.6) is 0 Å². The van der Waals surface area contributed by atoms with E-state index in [1.165, 1.54) is 0 Å². The highest BCUT2D eigenvalue weighted by Gasteiger charge is 2.33. The second-order valence-corrected chi connectivity index (χ2v) is 8.29. The number of sulfonamides is 1. The summed E-state index contributed by atoms with van der Waals surface area (Å²) in [5, 5.41) is 0.650. The second kappa shape index (κ2) is 7.22. The van der Waals surface area contributed by atoms with E-state index in [1.54, 1.807) is 4.31 Å². The lowest BCUT2D eigenvalue weighted by Gasteiger charge is -2.35. The Morgan fingerprint density at radius 1 is 1.33 bits per heavy atom. The van der Waals surface area contributed by atoms with Crippen molar-refractivity contribution in [2.75, 3.05) is 24.2 Å². The molecule has 1 aliphatic rings.